The molecule has 6 nitrogen and oxygen atoms in total. The van der Waals surface area contributed by atoms with Gasteiger partial charge >= 0.3 is 0 Å². The highest BCUT2D eigenvalue weighted by atomic mass is 32.2. The standard InChI is InChI=1S/C21H27N3O3S2/c1-16(25)23-20-13-19(9-10-21(20)28-2)29(26,27)22-14-17-5-7-18(8-6-17)15-24-11-3-4-12-24/h5-10,13,22H,3-4,11-12,14-15H2,1-2H3,(H,23,25). The molecule has 0 atom stereocenters. The van der Waals surface area contributed by atoms with Crippen LogP contribution in [0.2, 0.25) is 0 Å². The van der Waals surface area contributed by atoms with E-state index in [1.54, 1.807) is 12.1 Å². The maximum atomic E-state index is 12.7. The molecule has 8 heteroatoms. The number of nitrogens with zero attached hydrogens (tertiary/aromatic N) is 1. The first kappa shape index (κ1) is 21.8. The fraction of sp³-hybridized carbons (Fsp3) is 0.381. The Morgan fingerprint density at radius 2 is 1.72 bits per heavy atom. The van der Waals surface area contributed by atoms with Crippen LogP contribution >= 0.6 is 11.8 Å². The molecule has 0 aliphatic carbocycles. The summed E-state index contributed by atoms with van der Waals surface area (Å²) in [5.41, 5.74) is 2.65. The summed E-state index contributed by atoms with van der Waals surface area (Å²) in [5, 5.41) is 2.69. The van der Waals surface area contributed by atoms with Crippen LogP contribution in [-0.2, 0) is 27.9 Å². The van der Waals surface area contributed by atoms with Crippen molar-refractivity contribution >= 4 is 33.4 Å². The van der Waals surface area contributed by atoms with Gasteiger partial charge in [0.1, 0.15) is 0 Å². The number of carbonyl (C=O) groups is 1. The first-order valence-electron chi connectivity index (χ1n) is 9.63. The van der Waals surface area contributed by atoms with E-state index in [1.165, 1.54) is 43.2 Å². The zero-order valence-corrected chi connectivity index (χ0v) is 18.4. The van der Waals surface area contributed by atoms with Gasteiger partial charge in [0.2, 0.25) is 15.9 Å². The average molecular weight is 434 g/mol. The molecular formula is C21H27N3O3S2. The van der Waals surface area contributed by atoms with Gasteiger partial charge in [0.15, 0.2) is 0 Å². The number of hydrogen-bond acceptors (Lipinski definition) is 5. The minimum absolute atomic E-state index is 0.129. The van der Waals surface area contributed by atoms with Crippen LogP contribution in [0.1, 0.15) is 30.9 Å². The summed E-state index contributed by atoms with van der Waals surface area (Å²) in [7, 11) is -3.69. The number of nitrogens with one attached hydrogen (secondary N) is 2. The van der Waals surface area contributed by atoms with E-state index in [4.69, 9.17) is 0 Å². The van der Waals surface area contributed by atoms with Crippen molar-refractivity contribution in [2.45, 2.75) is 42.6 Å². The molecule has 0 unspecified atom stereocenters. The molecular weight excluding hydrogens is 406 g/mol. The van der Waals surface area contributed by atoms with Crippen molar-refractivity contribution in [2.75, 3.05) is 24.7 Å². The van der Waals surface area contributed by atoms with Crippen molar-refractivity contribution < 1.29 is 13.2 Å². The van der Waals surface area contributed by atoms with Gasteiger partial charge in [-0.15, -0.1) is 11.8 Å². The fourth-order valence-electron chi connectivity index (χ4n) is 3.36. The minimum atomic E-state index is -3.69. The lowest BCUT2D eigenvalue weighted by atomic mass is 10.1. The molecule has 1 fully saturated rings. The second kappa shape index (κ2) is 9.75. The van der Waals surface area contributed by atoms with Gasteiger partial charge < -0.3 is 5.32 Å². The van der Waals surface area contributed by atoms with Gasteiger partial charge in [-0.1, -0.05) is 24.3 Å². The average Bonchev–Trinajstić information content (AvgIpc) is 3.20. The summed E-state index contributed by atoms with van der Waals surface area (Å²) in [6.07, 6.45) is 4.41. The van der Waals surface area contributed by atoms with Gasteiger partial charge in [-0.05, 0) is 61.5 Å². The van der Waals surface area contributed by atoms with Crippen LogP contribution in [0.15, 0.2) is 52.3 Å². The number of amides is 1. The van der Waals surface area contributed by atoms with Crippen LogP contribution in [0, 0.1) is 0 Å². The highest BCUT2D eigenvalue weighted by Gasteiger charge is 2.17. The predicted molar refractivity (Wildman–Crippen MR) is 118 cm³/mol. The normalized spacial score (nSPS) is 14.8. The lowest BCUT2D eigenvalue weighted by molar-refractivity contribution is -0.114. The van der Waals surface area contributed by atoms with Gasteiger partial charge in [0, 0.05) is 24.9 Å². The molecule has 1 aliphatic heterocycles. The van der Waals surface area contributed by atoms with E-state index in [1.807, 2.05) is 18.4 Å². The predicted octanol–water partition coefficient (Wildman–Crippen LogP) is 3.44. The lowest BCUT2D eigenvalue weighted by Crippen LogP contribution is -2.23. The van der Waals surface area contributed by atoms with Crippen molar-refractivity contribution in [3.8, 4) is 0 Å². The second-order valence-corrected chi connectivity index (χ2v) is 9.78. The Morgan fingerprint density at radius 3 is 2.34 bits per heavy atom. The smallest absolute Gasteiger partial charge is 0.240 e. The molecule has 156 valence electrons. The van der Waals surface area contributed by atoms with Crippen molar-refractivity contribution in [3.05, 3.63) is 53.6 Å². The van der Waals surface area contributed by atoms with Gasteiger partial charge in [-0.25, -0.2) is 13.1 Å². The van der Waals surface area contributed by atoms with Gasteiger partial charge in [-0.2, -0.15) is 0 Å². The molecule has 3 rings (SSSR count). The number of rotatable bonds is 8. The molecule has 2 aromatic rings. The third-order valence-electron chi connectivity index (χ3n) is 4.89. The molecule has 1 heterocycles. The van der Waals surface area contributed by atoms with Crippen molar-refractivity contribution in [2.24, 2.45) is 0 Å². The Bertz CT molecular complexity index is 954. The zero-order chi connectivity index (χ0) is 20.9. The van der Waals surface area contributed by atoms with E-state index >= 15 is 0 Å². The van der Waals surface area contributed by atoms with Crippen LogP contribution in [0.5, 0.6) is 0 Å². The minimum Gasteiger partial charge on any atom is -0.325 e. The fourth-order valence-corrected chi connectivity index (χ4v) is 4.94. The van der Waals surface area contributed by atoms with Gasteiger partial charge in [-0.3, -0.25) is 9.69 Å². The number of benzene rings is 2. The topological polar surface area (TPSA) is 78.5 Å². The summed E-state index contributed by atoms with van der Waals surface area (Å²) in [4.78, 5) is 14.8. The Hall–Kier alpha value is -1.87. The number of sulfonamides is 1. The van der Waals surface area contributed by atoms with Gasteiger partial charge in [0.25, 0.3) is 0 Å². The summed E-state index contributed by atoms with van der Waals surface area (Å²) < 4.78 is 28.1. The van der Waals surface area contributed by atoms with Crippen molar-refractivity contribution in [1.29, 1.82) is 0 Å². The lowest BCUT2D eigenvalue weighted by Gasteiger charge is -2.15. The van der Waals surface area contributed by atoms with E-state index in [0.29, 0.717) is 5.69 Å². The van der Waals surface area contributed by atoms with Crippen molar-refractivity contribution in [3.63, 3.8) is 0 Å². The van der Waals surface area contributed by atoms with E-state index in [2.05, 4.69) is 27.1 Å². The molecule has 0 bridgehead atoms. The molecule has 1 amide bonds. The summed E-state index contributed by atoms with van der Waals surface area (Å²) >= 11 is 1.45. The number of hydrogen-bond donors (Lipinski definition) is 2. The quantitative estimate of drug-likeness (QED) is 0.624. The SMILES string of the molecule is CSc1ccc(S(=O)(=O)NCc2ccc(CN3CCCC3)cc2)cc1NC(C)=O. The third-order valence-corrected chi connectivity index (χ3v) is 7.08. The molecule has 2 N–H and O–H groups in total. The Labute approximate surface area is 177 Å². The highest BCUT2D eigenvalue weighted by Crippen LogP contribution is 2.28. The third kappa shape index (κ3) is 6.05. The van der Waals surface area contributed by atoms with Crippen LogP contribution in [0.4, 0.5) is 5.69 Å². The summed E-state index contributed by atoms with van der Waals surface area (Å²) in [5.74, 6) is -0.239. The summed E-state index contributed by atoms with van der Waals surface area (Å²) in [6.45, 7) is 4.86. The number of anilines is 1. The first-order valence-corrected chi connectivity index (χ1v) is 12.3. The van der Waals surface area contributed by atoms with Crippen LogP contribution in [0.25, 0.3) is 0 Å². The Balaban J connectivity index is 1.65. The van der Waals surface area contributed by atoms with Gasteiger partial charge in [0.05, 0.1) is 10.6 Å². The zero-order valence-electron chi connectivity index (χ0n) is 16.8. The molecule has 1 saturated heterocycles. The molecule has 0 saturated carbocycles. The largest absolute Gasteiger partial charge is 0.325 e. The van der Waals surface area contributed by atoms with E-state index < -0.39 is 10.0 Å². The van der Waals surface area contributed by atoms with E-state index in [-0.39, 0.29) is 17.3 Å². The molecule has 1 aliphatic rings. The van der Waals surface area contributed by atoms with Crippen LogP contribution in [-0.4, -0.2) is 38.6 Å². The number of thioether (sulfide) groups is 1. The van der Waals surface area contributed by atoms with Crippen LogP contribution in [0.3, 0.4) is 0 Å². The molecule has 0 radical (unpaired) electrons. The Kier molecular flexibility index (Phi) is 7.34. The first-order chi connectivity index (χ1) is 13.9. The van der Waals surface area contributed by atoms with Crippen molar-refractivity contribution in [1.82, 2.24) is 9.62 Å². The maximum Gasteiger partial charge on any atom is 0.240 e. The number of carbonyl (C=O) groups excluding carboxylic acids is 1. The Morgan fingerprint density at radius 1 is 1.07 bits per heavy atom. The van der Waals surface area contributed by atoms with E-state index in [9.17, 15) is 13.2 Å². The number of likely N-dealkylation sites (tertiary alicyclic amines) is 1. The molecule has 29 heavy (non-hydrogen) atoms. The summed E-state index contributed by atoms with van der Waals surface area (Å²) in [6, 6.07) is 12.8. The maximum absolute atomic E-state index is 12.7. The molecule has 0 aromatic heterocycles. The molecule has 0 spiro atoms. The monoisotopic (exact) mass is 433 g/mol. The van der Waals surface area contributed by atoms with E-state index in [0.717, 1.165) is 30.1 Å². The second-order valence-electron chi connectivity index (χ2n) is 7.17. The molecule has 2 aromatic carbocycles. The van der Waals surface area contributed by atoms with Crippen LogP contribution < -0.4 is 10.0 Å². The highest BCUT2D eigenvalue weighted by molar-refractivity contribution is 7.98.